The van der Waals surface area contributed by atoms with Crippen molar-refractivity contribution in [1.29, 1.82) is 0 Å². The molecule has 0 bridgehead atoms. The number of ether oxygens (including phenoxy) is 1. The SMILES string of the molecule is O=C(OCn1ccn(C2CCc3ccccc3C2)c1=S)c1ccccn1. The van der Waals surface area contributed by atoms with Crippen molar-refractivity contribution in [3.63, 3.8) is 0 Å². The number of hydrogen-bond donors (Lipinski definition) is 0. The summed E-state index contributed by atoms with van der Waals surface area (Å²) < 4.78 is 9.89. The lowest BCUT2D eigenvalue weighted by Crippen LogP contribution is -2.19. The molecule has 1 atom stereocenters. The second kappa shape index (κ2) is 7.25. The highest BCUT2D eigenvalue weighted by Gasteiger charge is 2.20. The molecule has 4 rings (SSSR count). The van der Waals surface area contributed by atoms with Gasteiger partial charge in [0, 0.05) is 24.6 Å². The first kappa shape index (κ1) is 16.7. The summed E-state index contributed by atoms with van der Waals surface area (Å²) in [6, 6.07) is 14.1. The fraction of sp³-hybridized carbons (Fsp3) is 0.250. The number of benzene rings is 1. The third-order valence-corrected chi connectivity index (χ3v) is 5.24. The third kappa shape index (κ3) is 3.32. The van der Waals surface area contributed by atoms with E-state index in [1.54, 1.807) is 29.0 Å². The molecule has 0 radical (unpaired) electrons. The molecule has 132 valence electrons. The summed E-state index contributed by atoms with van der Waals surface area (Å²) in [7, 11) is 0. The number of imidazole rings is 1. The summed E-state index contributed by atoms with van der Waals surface area (Å²) in [4.78, 5) is 16.0. The van der Waals surface area contributed by atoms with Gasteiger partial charge in [0.15, 0.2) is 11.5 Å². The van der Waals surface area contributed by atoms with E-state index in [0.29, 0.717) is 16.5 Å². The number of aromatic nitrogens is 3. The van der Waals surface area contributed by atoms with Gasteiger partial charge in [0.25, 0.3) is 0 Å². The van der Waals surface area contributed by atoms with Crippen LogP contribution in [-0.2, 0) is 24.3 Å². The Morgan fingerprint density at radius 1 is 1.15 bits per heavy atom. The average molecular weight is 365 g/mol. The topological polar surface area (TPSA) is 49.0 Å². The fourth-order valence-electron chi connectivity index (χ4n) is 3.41. The van der Waals surface area contributed by atoms with E-state index in [1.807, 2.05) is 12.4 Å². The van der Waals surface area contributed by atoms with Gasteiger partial charge in [-0.1, -0.05) is 30.3 Å². The van der Waals surface area contributed by atoms with Crippen LogP contribution in [0.25, 0.3) is 0 Å². The minimum Gasteiger partial charge on any atom is -0.439 e. The Kier molecular flexibility index (Phi) is 4.67. The number of carbonyl (C=O) groups excluding carboxylic acids is 1. The Hall–Kier alpha value is -2.73. The quantitative estimate of drug-likeness (QED) is 0.519. The second-order valence-electron chi connectivity index (χ2n) is 6.40. The number of hydrogen-bond acceptors (Lipinski definition) is 4. The first-order valence-corrected chi connectivity index (χ1v) is 9.05. The molecule has 0 amide bonds. The number of pyridine rings is 1. The van der Waals surface area contributed by atoms with Gasteiger partial charge in [0.1, 0.15) is 5.69 Å². The Labute approximate surface area is 156 Å². The highest BCUT2D eigenvalue weighted by Crippen LogP contribution is 2.29. The van der Waals surface area contributed by atoms with E-state index in [0.717, 1.165) is 19.3 Å². The average Bonchev–Trinajstić information content (AvgIpc) is 3.07. The van der Waals surface area contributed by atoms with Crippen LogP contribution in [0.5, 0.6) is 0 Å². The van der Waals surface area contributed by atoms with E-state index in [-0.39, 0.29) is 6.73 Å². The summed E-state index contributed by atoms with van der Waals surface area (Å²) in [5.74, 6) is -0.452. The predicted molar refractivity (Wildman–Crippen MR) is 100 cm³/mol. The molecule has 3 aromatic rings. The number of fused-ring (bicyclic) bond motifs is 1. The number of esters is 1. The van der Waals surface area contributed by atoms with Gasteiger partial charge in [-0.2, -0.15) is 0 Å². The Bertz CT molecular complexity index is 978. The zero-order chi connectivity index (χ0) is 17.9. The van der Waals surface area contributed by atoms with Crippen molar-refractivity contribution in [1.82, 2.24) is 14.1 Å². The van der Waals surface area contributed by atoms with Crippen LogP contribution in [0.1, 0.15) is 34.1 Å². The van der Waals surface area contributed by atoms with Crippen molar-refractivity contribution in [3.8, 4) is 0 Å². The molecule has 1 aliphatic carbocycles. The van der Waals surface area contributed by atoms with E-state index >= 15 is 0 Å². The zero-order valence-electron chi connectivity index (χ0n) is 14.2. The van der Waals surface area contributed by atoms with E-state index in [2.05, 4.69) is 33.8 Å². The maximum Gasteiger partial charge on any atom is 0.358 e. The molecule has 2 heterocycles. The van der Waals surface area contributed by atoms with Gasteiger partial charge >= 0.3 is 5.97 Å². The largest absolute Gasteiger partial charge is 0.439 e. The highest BCUT2D eigenvalue weighted by atomic mass is 32.1. The zero-order valence-corrected chi connectivity index (χ0v) is 15.1. The van der Waals surface area contributed by atoms with Gasteiger partial charge in [0.2, 0.25) is 0 Å². The van der Waals surface area contributed by atoms with Crippen molar-refractivity contribution in [3.05, 3.63) is 82.6 Å². The van der Waals surface area contributed by atoms with Crippen molar-refractivity contribution in [2.24, 2.45) is 0 Å². The first-order valence-electron chi connectivity index (χ1n) is 8.64. The van der Waals surface area contributed by atoms with Crippen molar-refractivity contribution >= 4 is 18.2 Å². The number of nitrogens with zero attached hydrogens (tertiary/aromatic N) is 3. The van der Waals surface area contributed by atoms with Crippen LogP contribution in [0, 0.1) is 4.77 Å². The lowest BCUT2D eigenvalue weighted by molar-refractivity contribution is 0.0361. The Morgan fingerprint density at radius 2 is 1.96 bits per heavy atom. The molecule has 0 N–H and O–H groups in total. The van der Waals surface area contributed by atoms with Crippen LogP contribution in [-0.4, -0.2) is 20.1 Å². The van der Waals surface area contributed by atoms with Crippen LogP contribution < -0.4 is 0 Å². The van der Waals surface area contributed by atoms with Crippen molar-refractivity contribution in [2.45, 2.75) is 32.0 Å². The number of carbonyl (C=O) groups is 1. The second-order valence-corrected chi connectivity index (χ2v) is 6.76. The Balaban J connectivity index is 1.46. The molecule has 0 aliphatic heterocycles. The minimum atomic E-state index is -0.452. The van der Waals surface area contributed by atoms with Crippen LogP contribution in [0.2, 0.25) is 0 Å². The smallest absolute Gasteiger partial charge is 0.358 e. The summed E-state index contributed by atoms with van der Waals surface area (Å²) in [6.45, 7) is 0.0878. The minimum absolute atomic E-state index is 0.0878. The van der Waals surface area contributed by atoms with Gasteiger partial charge in [-0.3, -0.25) is 4.57 Å². The monoisotopic (exact) mass is 365 g/mol. The highest BCUT2D eigenvalue weighted by molar-refractivity contribution is 7.71. The number of aryl methyl sites for hydroxylation is 1. The molecule has 1 aromatic carbocycles. The lowest BCUT2D eigenvalue weighted by Gasteiger charge is -2.25. The molecule has 0 saturated carbocycles. The van der Waals surface area contributed by atoms with Gasteiger partial charge in [-0.25, -0.2) is 9.78 Å². The predicted octanol–water partition coefficient (Wildman–Crippen LogP) is 3.96. The normalized spacial score (nSPS) is 16.1. The van der Waals surface area contributed by atoms with Crippen LogP contribution >= 0.6 is 12.2 Å². The number of rotatable bonds is 4. The Morgan fingerprint density at radius 3 is 2.77 bits per heavy atom. The summed E-state index contributed by atoms with van der Waals surface area (Å²) in [5.41, 5.74) is 3.11. The third-order valence-electron chi connectivity index (χ3n) is 4.80. The summed E-state index contributed by atoms with van der Waals surface area (Å²) >= 11 is 5.59. The van der Waals surface area contributed by atoms with E-state index in [4.69, 9.17) is 17.0 Å². The molecule has 2 aromatic heterocycles. The van der Waals surface area contributed by atoms with Crippen molar-refractivity contribution < 1.29 is 9.53 Å². The molecule has 0 saturated heterocycles. The molecular weight excluding hydrogens is 346 g/mol. The van der Waals surface area contributed by atoms with E-state index in [1.165, 1.54) is 11.1 Å². The maximum absolute atomic E-state index is 12.0. The van der Waals surface area contributed by atoms with Gasteiger partial charge in [-0.05, 0) is 54.7 Å². The molecule has 1 aliphatic rings. The summed E-state index contributed by atoms with van der Waals surface area (Å²) in [6.07, 6.45) is 8.51. The molecule has 5 nitrogen and oxygen atoms in total. The van der Waals surface area contributed by atoms with Gasteiger partial charge in [-0.15, -0.1) is 0 Å². The van der Waals surface area contributed by atoms with Crippen LogP contribution in [0.3, 0.4) is 0 Å². The molecule has 0 spiro atoms. The fourth-order valence-corrected chi connectivity index (χ4v) is 3.73. The van der Waals surface area contributed by atoms with E-state index in [9.17, 15) is 4.79 Å². The molecular formula is C20H19N3O2S. The summed E-state index contributed by atoms with van der Waals surface area (Å²) in [5, 5.41) is 0. The first-order chi connectivity index (χ1) is 12.7. The molecule has 1 unspecified atom stereocenters. The van der Waals surface area contributed by atoms with Gasteiger partial charge in [0.05, 0.1) is 0 Å². The maximum atomic E-state index is 12.0. The lowest BCUT2D eigenvalue weighted by atomic mass is 9.88. The molecule has 0 fully saturated rings. The van der Waals surface area contributed by atoms with Crippen molar-refractivity contribution in [2.75, 3.05) is 0 Å². The van der Waals surface area contributed by atoms with Crippen LogP contribution in [0.15, 0.2) is 61.1 Å². The van der Waals surface area contributed by atoms with Gasteiger partial charge < -0.3 is 9.30 Å². The molecule has 6 heteroatoms. The molecule has 26 heavy (non-hydrogen) atoms. The van der Waals surface area contributed by atoms with Crippen LogP contribution in [0.4, 0.5) is 0 Å². The van der Waals surface area contributed by atoms with E-state index < -0.39 is 5.97 Å². The standard InChI is InChI=1S/C20H19N3O2S/c24-19(18-7-3-4-10-21-18)25-14-22-11-12-23(20(22)26)17-9-8-15-5-1-2-6-16(15)13-17/h1-7,10-12,17H,8-9,13-14H2.